The van der Waals surface area contributed by atoms with Crippen molar-refractivity contribution in [2.24, 2.45) is 5.11 Å². The summed E-state index contributed by atoms with van der Waals surface area (Å²) in [5.41, 5.74) is 13.4. The molecule has 3 rings (SSSR count). The van der Waals surface area contributed by atoms with E-state index in [0.717, 1.165) is 24.0 Å². The first-order chi connectivity index (χ1) is 13.3. The summed E-state index contributed by atoms with van der Waals surface area (Å²) >= 11 is 0. The summed E-state index contributed by atoms with van der Waals surface area (Å²) in [6.07, 6.45) is 1.83. The van der Waals surface area contributed by atoms with Crippen LogP contribution in [-0.2, 0) is 24.2 Å². The minimum atomic E-state index is -0.236. The largest absolute Gasteiger partial charge is 0.369 e. The Hall–Kier alpha value is -3.07. The van der Waals surface area contributed by atoms with E-state index in [1.165, 1.54) is 11.1 Å². The molecule has 0 aliphatic carbocycles. The lowest BCUT2D eigenvalue weighted by atomic mass is 10.0. The van der Waals surface area contributed by atoms with Crippen molar-refractivity contribution in [3.05, 3.63) is 118 Å². The topological polar surface area (TPSA) is 58.0 Å². The van der Waals surface area contributed by atoms with Gasteiger partial charge in [-0.3, -0.25) is 0 Å². The monoisotopic (exact) mass is 357 g/mol. The molecule has 0 bridgehead atoms. The average molecular weight is 357 g/mol. The van der Waals surface area contributed by atoms with Crippen molar-refractivity contribution in [2.45, 2.75) is 25.6 Å². The fraction of sp³-hybridized carbons (Fsp3) is 0.217. The first-order valence-electron chi connectivity index (χ1n) is 9.14. The van der Waals surface area contributed by atoms with Gasteiger partial charge in [0.15, 0.2) is 0 Å². The molecular weight excluding hydrogens is 334 g/mol. The Labute approximate surface area is 160 Å². The maximum atomic E-state index is 8.61. The Kier molecular flexibility index (Phi) is 7.05. The van der Waals surface area contributed by atoms with E-state index in [2.05, 4.69) is 58.6 Å². The van der Waals surface area contributed by atoms with Crippen LogP contribution >= 0.6 is 0 Å². The zero-order valence-corrected chi connectivity index (χ0v) is 15.2. The van der Waals surface area contributed by atoms with Gasteiger partial charge in [-0.05, 0) is 40.6 Å². The summed E-state index contributed by atoms with van der Waals surface area (Å²) in [7, 11) is 0. The molecule has 0 unspecified atom stereocenters. The van der Waals surface area contributed by atoms with Crippen molar-refractivity contribution in [3.8, 4) is 0 Å². The van der Waals surface area contributed by atoms with Crippen molar-refractivity contribution in [2.75, 3.05) is 6.54 Å². The number of rotatable bonds is 9. The number of ether oxygens (including phenoxy) is 1. The third kappa shape index (κ3) is 6.00. The Morgan fingerprint density at radius 2 is 1.30 bits per heavy atom. The van der Waals surface area contributed by atoms with Gasteiger partial charge >= 0.3 is 0 Å². The summed E-state index contributed by atoms with van der Waals surface area (Å²) in [5.74, 6) is 0. The SMILES string of the molecule is [N-]=[N+]=NC[C@H](OCc1ccc(CCc2ccccc2)cc1)c1ccccc1. The molecule has 3 aromatic carbocycles. The van der Waals surface area contributed by atoms with Gasteiger partial charge in [0.25, 0.3) is 0 Å². The Morgan fingerprint density at radius 1 is 0.741 bits per heavy atom. The zero-order valence-electron chi connectivity index (χ0n) is 15.2. The van der Waals surface area contributed by atoms with Crippen LogP contribution in [0.1, 0.15) is 28.4 Å². The molecular formula is C23H23N3O. The second-order valence-electron chi connectivity index (χ2n) is 6.43. The van der Waals surface area contributed by atoms with Crippen LogP contribution in [-0.4, -0.2) is 6.54 Å². The summed E-state index contributed by atoms with van der Waals surface area (Å²) in [5, 5.41) is 3.68. The lowest BCUT2D eigenvalue weighted by molar-refractivity contribution is 0.0457. The number of nitrogens with zero attached hydrogens (tertiary/aromatic N) is 3. The van der Waals surface area contributed by atoms with Gasteiger partial charge in [-0.25, -0.2) is 0 Å². The van der Waals surface area contributed by atoms with E-state index in [-0.39, 0.29) is 12.6 Å². The molecule has 1 atom stereocenters. The molecule has 0 aliphatic rings. The van der Waals surface area contributed by atoms with Crippen LogP contribution in [0.2, 0.25) is 0 Å². The molecule has 0 radical (unpaired) electrons. The highest BCUT2D eigenvalue weighted by atomic mass is 16.5. The third-order valence-electron chi connectivity index (χ3n) is 4.50. The summed E-state index contributed by atoms with van der Waals surface area (Å²) in [4.78, 5) is 2.86. The van der Waals surface area contributed by atoms with Crippen LogP contribution < -0.4 is 0 Å². The van der Waals surface area contributed by atoms with E-state index >= 15 is 0 Å². The zero-order chi connectivity index (χ0) is 18.7. The lowest BCUT2D eigenvalue weighted by Crippen LogP contribution is -2.08. The number of hydrogen-bond acceptors (Lipinski definition) is 2. The minimum absolute atomic E-state index is 0.236. The quantitative estimate of drug-likeness (QED) is 0.262. The molecule has 4 nitrogen and oxygen atoms in total. The summed E-state index contributed by atoms with van der Waals surface area (Å²) in [6, 6.07) is 28.9. The van der Waals surface area contributed by atoms with Crippen molar-refractivity contribution >= 4 is 0 Å². The molecule has 0 aliphatic heterocycles. The number of aryl methyl sites for hydroxylation is 2. The van der Waals surface area contributed by atoms with Crippen LogP contribution in [0.3, 0.4) is 0 Å². The van der Waals surface area contributed by atoms with E-state index < -0.39 is 0 Å². The average Bonchev–Trinajstić information content (AvgIpc) is 2.74. The normalized spacial score (nSPS) is 11.6. The summed E-state index contributed by atoms with van der Waals surface area (Å²) in [6.45, 7) is 0.773. The van der Waals surface area contributed by atoms with Gasteiger partial charge in [0.2, 0.25) is 0 Å². The fourth-order valence-corrected chi connectivity index (χ4v) is 2.97. The minimum Gasteiger partial charge on any atom is -0.369 e. The summed E-state index contributed by atoms with van der Waals surface area (Å²) < 4.78 is 6.02. The molecule has 0 fully saturated rings. The second-order valence-corrected chi connectivity index (χ2v) is 6.43. The third-order valence-corrected chi connectivity index (χ3v) is 4.50. The van der Waals surface area contributed by atoms with Crippen LogP contribution in [0.5, 0.6) is 0 Å². The fourth-order valence-electron chi connectivity index (χ4n) is 2.97. The van der Waals surface area contributed by atoms with Gasteiger partial charge in [0.1, 0.15) is 0 Å². The van der Waals surface area contributed by atoms with E-state index in [0.29, 0.717) is 6.61 Å². The van der Waals surface area contributed by atoms with Crippen molar-refractivity contribution in [3.63, 3.8) is 0 Å². The maximum absolute atomic E-state index is 8.61. The van der Waals surface area contributed by atoms with Crippen LogP contribution in [0.15, 0.2) is 90.0 Å². The Bertz CT molecular complexity index is 857. The molecule has 0 spiro atoms. The number of azide groups is 1. The van der Waals surface area contributed by atoms with Gasteiger partial charge in [0, 0.05) is 4.91 Å². The highest BCUT2D eigenvalue weighted by Crippen LogP contribution is 2.20. The van der Waals surface area contributed by atoms with Gasteiger partial charge in [-0.1, -0.05) is 90.0 Å². The molecule has 136 valence electrons. The molecule has 3 aromatic rings. The molecule has 0 saturated carbocycles. The Morgan fingerprint density at radius 3 is 1.93 bits per heavy atom. The molecule has 27 heavy (non-hydrogen) atoms. The molecule has 0 saturated heterocycles. The van der Waals surface area contributed by atoms with E-state index in [9.17, 15) is 0 Å². The highest BCUT2D eigenvalue weighted by Gasteiger charge is 2.11. The van der Waals surface area contributed by atoms with Gasteiger partial charge < -0.3 is 4.74 Å². The molecule has 0 heterocycles. The maximum Gasteiger partial charge on any atom is 0.0885 e. The highest BCUT2D eigenvalue weighted by molar-refractivity contribution is 5.24. The van der Waals surface area contributed by atoms with Crippen molar-refractivity contribution in [1.82, 2.24) is 0 Å². The number of hydrogen-bond donors (Lipinski definition) is 0. The van der Waals surface area contributed by atoms with Crippen LogP contribution in [0.4, 0.5) is 0 Å². The predicted octanol–water partition coefficient (Wildman–Crippen LogP) is 6.04. The molecule has 0 aromatic heterocycles. The molecule has 0 amide bonds. The molecule has 0 N–H and O–H groups in total. The van der Waals surface area contributed by atoms with Crippen LogP contribution in [0, 0.1) is 0 Å². The van der Waals surface area contributed by atoms with E-state index in [1.54, 1.807) is 0 Å². The van der Waals surface area contributed by atoms with Crippen molar-refractivity contribution in [1.29, 1.82) is 0 Å². The van der Waals surface area contributed by atoms with E-state index in [1.807, 2.05) is 36.4 Å². The second kappa shape index (κ2) is 10.2. The van der Waals surface area contributed by atoms with E-state index in [4.69, 9.17) is 10.3 Å². The Balaban J connectivity index is 1.55. The first kappa shape index (κ1) is 18.7. The molecule has 4 heteroatoms. The smallest absolute Gasteiger partial charge is 0.0885 e. The van der Waals surface area contributed by atoms with Gasteiger partial charge in [-0.2, -0.15) is 0 Å². The van der Waals surface area contributed by atoms with Crippen molar-refractivity contribution < 1.29 is 4.74 Å². The number of benzene rings is 3. The van der Waals surface area contributed by atoms with Crippen LogP contribution in [0.25, 0.3) is 10.4 Å². The van der Waals surface area contributed by atoms with Gasteiger partial charge in [0.05, 0.1) is 19.3 Å². The standard InChI is InChI=1S/C23H23N3O/c24-26-25-17-23(22-9-5-2-6-10-22)27-18-21-15-13-20(14-16-21)12-11-19-7-3-1-4-8-19/h1-10,13-16,23H,11-12,17-18H2/t23-/m0/s1. The lowest BCUT2D eigenvalue weighted by Gasteiger charge is -2.16. The predicted molar refractivity (Wildman–Crippen MR) is 108 cm³/mol. The van der Waals surface area contributed by atoms with Gasteiger partial charge in [-0.15, -0.1) is 0 Å². The first-order valence-corrected chi connectivity index (χ1v) is 9.14.